The molecular weight excluding hydrogens is 300 g/mol. The molecule has 0 aliphatic carbocycles. The van der Waals surface area contributed by atoms with E-state index in [4.69, 9.17) is 0 Å². The van der Waals surface area contributed by atoms with Crippen LogP contribution in [0.4, 0.5) is 0 Å². The second kappa shape index (κ2) is 4.72. The molecule has 8 heteroatoms. The molecule has 1 aliphatic heterocycles. The van der Waals surface area contributed by atoms with Crippen LogP contribution < -0.4 is 0 Å². The average molecular weight is 312 g/mol. The van der Waals surface area contributed by atoms with Crippen LogP contribution in [0.3, 0.4) is 0 Å². The van der Waals surface area contributed by atoms with Gasteiger partial charge in [0.05, 0.1) is 4.90 Å². The highest BCUT2D eigenvalue weighted by Gasteiger charge is 2.41. The summed E-state index contributed by atoms with van der Waals surface area (Å²) in [4.78, 5) is 15.2. The first-order chi connectivity index (χ1) is 9.51. The predicted molar refractivity (Wildman–Crippen MR) is 73.1 cm³/mol. The maximum atomic E-state index is 12.5. The minimum Gasteiger partial charge on any atom is -0.480 e. The molecule has 0 radical (unpaired) electrons. The Hall–Kier alpha value is -1.64. The zero-order chi connectivity index (χ0) is 14.3. The van der Waals surface area contributed by atoms with Gasteiger partial charge < -0.3 is 10.1 Å². The Morgan fingerprint density at radius 3 is 2.90 bits per heavy atom. The maximum absolute atomic E-state index is 12.5. The Morgan fingerprint density at radius 2 is 2.25 bits per heavy atom. The Kier molecular flexibility index (Phi) is 3.15. The predicted octanol–water partition coefficient (Wildman–Crippen LogP) is 1.45. The number of carbonyl (C=O) groups is 1. The Morgan fingerprint density at radius 1 is 1.45 bits per heavy atom. The highest BCUT2D eigenvalue weighted by molar-refractivity contribution is 7.89. The highest BCUT2D eigenvalue weighted by Crippen LogP contribution is 2.36. The molecule has 1 aliphatic rings. The lowest BCUT2D eigenvalue weighted by atomic mass is 10.0. The van der Waals surface area contributed by atoms with Gasteiger partial charge in [-0.2, -0.15) is 4.31 Å². The molecule has 0 spiro atoms. The van der Waals surface area contributed by atoms with Crippen LogP contribution in [0.1, 0.15) is 16.5 Å². The zero-order valence-corrected chi connectivity index (χ0v) is 11.9. The molecule has 0 aromatic carbocycles. The lowest BCUT2D eigenvalue weighted by Gasteiger charge is -2.31. The van der Waals surface area contributed by atoms with Crippen molar-refractivity contribution in [1.82, 2.24) is 9.29 Å². The van der Waals surface area contributed by atoms with E-state index in [1.54, 1.807) is 11.4 Å². The number of hydrogen-bond acceptors (Lipinski definition) is 4. The van der Waals surface area contributed by atoms with E-state index in [0.29, 0.717) is 12.0 Å². The molecule has 6 nitrogen and oxygen atoms in total. The largest absolute Gasteiger partial charge is 0.480 e. The second-order valence-electron chi connectivity index (χ2n) is 4.45. The van der Waals surface area contributed by atoms with Gasteiger partial charge in [-0.3, -0.25) is 4.79 Å². The molecule has 2 N–H and O–H groups in total. The number of carboxylic acid groups (broad SMARTS) is 1. The topological polar surface area (TPSA) is 90.5 Å². The number of nitrogens with one attached hydrogen (secondary N) is 1. The zero-order valence-electron chi connectivity index (χ0n) is 10.3. The van der Waals surface area contributed by atoms with E-state index in [1.807, 2.05) is 0 Å². The fourth-order valence-corrected chi connectivity index (χ4v) is 4.86. The number of aromatic amines is 1. The molecule has 0 amide bonds. The summed E-state index contributed by atoms with van der Waals surface area (Å²) in [5.74, 6) is -1.15. The van der Waals surface area contributed by atoms with Crippen molar-refractivity contribution in [3.63, 3.8) is 0 Å². The van der Waals surface area contributed by atoms with Gasteiger partial charge in [-0.05, 0) is 29.5 Å². The summed E-state index contributed by atoms with van der Waals surface area (Å²) in [7, 11) is -3.81. The number of nitrogens with zero attached hydrogens (tertiary/aromatic N) is 1. The number of aromatic nitrogens is 1. The highest BCUT2D eigenvalue weighted by atomic mass is 32.2. The van der Waals surface area contributed by atoms with Gasteiger partial charge in [0.25, 0.3) is 0 Å². The SMILES string of the molecule is O=C(O)C1c2ccsc2CCN1S(=O)(=O)c1cc[nH]c1. The van der Waals surface area contributed by atoms with E-state index >= 15 is 0 Å². The third-order valence-electron chi connectivity index (χ3n) is 3.33. The minimum absolute atomic E-state index is 0.0856. The van der Waals surface area contributed by atoms with Crippen LogP contribution in [0.2, 0.25) is 0 Å². The van der Waals surface area contributed by atoms with Crippen molar-refractivity contribution < 1.29 is 18.3 Å². The number of H-pyrrole nitrogens is 1. The number of aliphatic carboxylic acids is 1. The fraction of sp³-hybridized carbons (Fsp3) is 0.250. The van der Waals surface area contributed by atoms with Crippen LogP contribution in [0.15, 0.2) is 34.8 Å². The molecule has 2 aromatic heterocycles. The molecule has 106 valence electrons. The van der Waals surface area contributed by atoms with Crippen molar-refractivity contribution in [2.24, 2.45) is 0 Å². The quantitative estimate of drug-likeness (QED) is 0.897. The molecule has 20 heavy (non-hydrogen) atoms. The number of carboxylic acids is 1. The van der Waals surface area contributed by atoms with Gasteiger partial charge in [0.2, 0.25) is 10.0 Å². The van der Waals surface area contributed by atoms with Gasteiger partial charge in [0.1, 0.15) is 6.04 Å². The molecule has 0 bridgehead atoms. The summed E-state index contributed by atoms with van der Waals surface area (Å²) >= 11 is 1.47. The summed E-state index contributed by atoms with van der Waals surface area (Å²) < 4.78 is 26.1. The van der Waals surface area contributed by atoms with E-state index in [1.165, 1.54) is 29.8 Å². The van der Waals surface area contributed by atoms with Crippen molar-refractivity contribution in [3.05, 3.63) is 40.3 Å². The summed E-state index contributed by atoms with van der Waals surface area (Å²) in [5, 5.41) is 11.2. The Balaban J connectivity index is 2.09. The summed E-state index contributed by atoms with van der Waals surface area (Å²) in [6.45, 7) is 0.179. The average Bonchev–Trinajstić information content (AvgIpc) is 3.08. The fourth-order valence-electron chi connectivity index (χ4n) is 2.41. The van der Waals surface area contributed by atoms with Crippen LogP contribution in [0, 0.1) is 0 Å². The third-order valence-corrected chi connectivity index (χ3v) is 6.19. The second-order valence-corrected chi connectivity index (χ2v) is 7.34. The molecule has 1 atom stereocenters. The number of thiophene rings is 1. The van der Waals surface area contributed by atoms with Gasteiger partial charge >= 0.3 is 5.97 Å². The number of fused-ring (bicyclic) bond motifs is 1. The molecule has 1 unspecified atom stereocenters. The van der Waals surface area contributed by atoms with Gasteiger partial charge in [-0.15, -0.1) is 11.3 Å². The standard InChI is InChI=1S/C12H12N2O4S2/c15-12(16)11-9-3-6-19-10(9)2-5-14(11)20(17,18)8-1-4-13-7-8/h1,3-4,6-7,11,13H,2,5H2,(H,15,16). The number of rotatable bonds is 3. The molecule has 0 saturated heterocycles. The van der Waals surface area contributed by atoms with Crippen molar-refractivity contribution in [2.45, 2.75) is 17.4 Å². The summed E-state index contributed by atoms with van der Waals surface area (Å²) in [6.07, 6.45) is 3.40. The van der Waals surface area contributed by atoms with Crippen LogP contribution in [0.25, 0.3) is 0 Å². The Bertz CT molecular complexity index is 733. The molecule has 2 aromatic rings. The molecule has 0 fully saturated rings. The lowest BCUT2D eigenvalue weighted by Crippen LogP contribution is -2.42. The van der Waals surface area contributed by atoms with Crippen molar-refractivity contribution in [3.8, 4) is 0 Å². The van der Waals surface area contributed by atoms with Crippen molar-refractivity contribution in [1.29, 1.82) is 0 Å². The van der Waals surface area contributed by atoms with Crippen LogP contribution in [-0.2, 0) is 21.2 Å². The Labute approximate surface area is 119 Å². The first-order valence-corrected chi connectivity index (χ1v) is 8.27. The third kappa shape index (κ3) is 1.96. The molecule has 3 heterocycles. The van der Waals surface area contributed by atoms with Gasteiger partial charge in [-0.1, -0.05) is 0 Å². The first-order valence-electron chi connectivity index (χ1n) is 5.95. The van der Waals surface area contributed by atoms with E-state index in [0.717, 1.165) is 9.18 Å². The lowest BCUT2D eigenvalue weighted by molar-refractivity contribution is -0.142. The van der Waals surface area contributed by atoms with Crippen LogP contribution in [-0.4, -0.2) is 35.3 Å². The van der Waals surface area contributed by atoms with Crippen molar-refractivity contribution in [2.75, 3.05) is 6.54 Å². The monoisotopic (exact) mass is 312 g/mol. The molecular formula is C12H12N2O4S2. The van der Waals surface area contributed by atoms with E-state index in [9.17, 15) is 18.3 Å². The van der Waals surface area contributed by atoms with E-state index in [2.05, 4.69) is 4.98 Å². The normalized spacial score (nSPS) is 19.7. The van der Waals surface area contributed by atoms with Crippen molar-refractivity contribution >= 4 is 27.3 Å². The minimum atomic E-state index is -3.81. The van der Waals surface area contributed by atoms with E-state index in [-0.39, 0.29) is 11.4 Å². The summed E-state index contributed by atoms with van der Waals surface area (Å²) in [5.41, 5.74) is 0.577. The van der Waals surface area contributed by atoms with Gasteiger partial charge in [-0.25, -0.2) is 8.42 Å². The number of sulfonamides is 1. The van der Waals surface area contributed by atoms with E-state index < -0.39 is 22.0 Å². The maximum Gasteiger partial charge on any atom is 0.326 e. The first kappa shape index (κ1) is 13.3. The molecule has 3 rings (SSSR count). The smallest absolute Gasteiger partial charge is 0.326 e. The van der Waals surface area contributed by atoms with Crippen LogP contribution in [0.5, 0.6) is 0 Å². The summed E-state index contributed by atoms with van der Waals surface area (Å²) in [6, 6.07) is 1.97. The molecule has 0 saturated carbocycles. The number of hydrogen-bond donors (Lipinski definition) is 2. The van der Waals surface area contributed by atoms with Gasteiger partial charge in [0.15, 0.2) is 0 Å². The van der Waals surface area contributed by atoms with Gasteiger partial charge in [0, 0.05) is 23.8 Å². The van der Waals surface area contributed by atoms with Crippen LogP contribution >= 0.6 is 11.3 Å².